The number of ether oxygens (including phenoxy) is 3. The van der Waals surface area contributed by atoms with Crippen molar-refractivity contribution in [2.24, 2.45) is 0 Å². The molecule has 2 aromatic carbocycles. The first kappa shape index (κ1) is 30.0. The minimum Gasteiger partial charge on any atom is -0.507 e. The van der Waals surface area contributed by atoms with E-state index in [1.165, 1.54) is 25.3 Å². The first-order valence-electron chi connectivity index (χ1n) is 13.3. The Morgan fingerprint density at radius 1 is 1.19 bits per heavy atom. The highest BCUT2D eigenvalue weighted by Gasteiger charge is 2.50. The molecular formula is C29H32NO12. The molecule has 1 fully saturated rings. The topological polar surface area (TPSA) is 212 Å². The first-order valence-corrected chi connectivity index (χ1v) is 13.3. The quantitative estimate of drug-likeness (QED) is 0.141. The summed E-state index contributed by atoms with van der Waals surface area (Å²) in [7, 11) is 1.31. The van der Waals surface area contributed by atoms with Gasteiger partial charge in [-0.15, -0.1) is 0 Å². The van der Waals surface area contributed by atoms with Crippen LogP contribution in [0.4, 0.5) is 0 Å². The van der Waals surface area contributed by atoms with Gasteiger partial charge in [0.15, 0.2) is 17.9 Å². The molecule has 2 aromatic rings. The second kappa shape index (κ2) is 11.0. The molecule has 42 heavy (non-hydrogen) atoms. The fraction of sp³-hybridized carbons (Fsp3) is 0.448. The van der Waals surface area contributed by atoms with Crippen molar-refractivity contribution >= 4 is 17.3 Å². The van der Waals surface area contributed by atoms with E-state index in [-0.39, 0.29) is 34.4 Å². The van der Waals surface area contributed by atoms with E-state index < -0.39 is 102 Å². The highest BCUT2D eigenvalue weighted by atomic mass is 16.7. The maximum atomic E-state index is 13.7. The van der Waals surface area contributed by atoms with Crippen LogP contribution in [-0.2, 0) is 20.7 Å². The summed E-state index contributed by atoms with van der Waals surface area (Å²) < 4.78 is 17.2. The zero-order chi connectivity index (χ0) is 30.7. The fourth-order valence-electron chi connectivity index (χ4n) is 6.13. The van der Waals surface area contributed by atoms with Gasteiger partial charge < -0.3 is 44.8 Å². The van der Waals surface area contributed by atoms with Gasteiger partial charge in [0.25, 0.3) is 0 Å². The van der Waals surface area contributed by atoms with Crippen LogP contribution in [0.5, 0.6) is 17.2 Å². The van der Waals surface area contributed by atoms with Gasteiger partial charge in [-0.2, -0.15) is 0 Å². The zero-order valence-corrected chi connectivity index (χ0v) is 22.9. The molecule has 5 unspecified atom stereocenters. The minimum absolute atomic E-state index is 0.0457. The number of carbonyl (C=O) groups excluding carboxylic acids is 3. The number of benzene rings is 2. The van der Waals surface area contributed by atoms with Crippen molar-refractivity contribution in [3.05, 3.63) is 58.5 Å². The molecule has 13 heteroatoms. The van der Waals surface area contributed by atoms with Gasteiger partial charge in [0.1, 0.15) is 35.7 Å². The lowest BCUT2D eigenvalue weighted by Gasteiger charge is -2.43. The van der Waals surface area contributed by atoms with E-state index in [0.29, 0.717) is 0 Å². The number of hydrogen-bond acceptors (Lipinski definition) is 13. The van der Waals surface area contributed by atoms with E-state index in [9.17, 15) is 45.0 Å². The largest absolute Gasteiger partial charge is 0.507 e. The van der Waals surface area contributed by atoms with Crippen LogP contribution in [0.3, 0.4) is 0 Å². The Labute approximate surface area is 240 Å². The number of phenols is 2. The van der Waals surface area contributed by atoms with Gasteiger partial charge in [-0.1, -0.05) is 12.1 Å². The van der Waals surface area contributed by atoms with Gasteiger partial charge in [0.05, 0.1) is 42.1 Å². The van der Waals surface area contributed by atoms with Crippen molar-refractivity contribution in [2.45, 2.75) is 68.7 Å². The van der Waals surface area contributed by atoms with Crippen molar-refractivity contribution < 1.29 is 59.2 Å². The van der Waals surface area contributed by atoms with Gasteiger partial charge in [0.2, 0.25) is 5.78 Å². The molecule has 0 aromatic heterocycles. The Morgan fingerprint density at radius 2 is 1.88 bits per heavy atom. The van der Waals surface area contributed by atoms with Gasteiger partial charge in [-0.3, -0.25) is 19.7 Å². The molecule has 3 aliphatic rings. The summed E-state index contributed by atoms with van der Waals surface area (Å²) in [6.07, 6.45) is -6.79. The van der Waals surface area contributed by atoms with Crippen LogP contribution in [0.25, 0.3) is 0 Å². The number of fused-ring (bicyclic) bond motifs is 3. The van der Waals surface area contributed by atoms with E-state index in [1.807, 2.05) is 0 Å². The molecule has 13 nitrogen and oxygen atoms in total. The maximum Gasteiger partial charge on any atom is 0.202 e. The third-order valence-corrected chi connectivity index (χ3v) is 8.17. The average molecular weight is 587 g/mol. The highest BCUT2D eigenvalue weighted by molar-refractivity contribution is 6.31. The van der Waals surface area contributed by atoms with Gasteiger partial charge in [0, 0.05) is 42.0 Å². The zero-order valence-electron chi connectivity index (χ0n) is 22.9. The predicted octanol–water partition coefficient (Wildman–Crippen LogP) is -0.215. The predicted molar refractivity (Wildman–Crippen MR) is 142 cm³/mol. The number of aliphatic hydroxyl groups is 4. The second-order valence-electron chi connectivity index (χ2n) is 10.8. The number of methoxy groups -OCH3 is 1. The minimum atomic E-state index is -2.28. The molecule has 7 atom stereocenters. The summed E-state index contributed by atoms with van der Waals surface area (Å²) >= 11 is 0. The summed E-state index contributed by atoms with van der Waals surface area (Å²) in [5, 5.41) is 66.8. The van der Waals surface area contributed by atoms with E-state index in [0.717, 1.165) is 0 Å². The third kappa shape index (κ3) is 4.76. The molecule has 1 radical (unpaired) electrons. The fourth-order valence-corrected chi connectivity index (χ4v) is 6.13. The van der Waals surface area contributed by atoms with Gasteiger partial charge in [-0.05, 0) is 19.9 Å². The monoisotopic (exact) mass is 586 g/mol. The summed E-state index contributed by atoms with van der Waals surface area (Å²) in [5.74, 6) is -3.91. The van der Waals surface area contributed by atoms with Crippen LogP contribution in [0.1, 0.15) is 68.8 Å². The average Bonchev–Trinajstić information content (AvgIpc) is 2.94. The summed E-state index contributed by atoms with van der Waals surface area (Å²) in [6.45, 7) is 3.95. The van der Waals surface area contributed by atoms with Crippen molar-refractivity contribution in [3.63, 3.8) is 0 Å². The molecule has 0 spiro atoms. The number of aromatic hydroxyl groups is 2. The molecule has 5 rings (SSSR count). The lowest BCUT2D eigenvalue weighted by atomic mass is 9.72. The molecular weight excluding hydrogens is 554 g/mol. The van der Waals surface area contributed by atoms with Crippen LogP contribution >= 0.6 is 0 Å². The molecule has 0 amide bonds. The van der Waals surface area contributed by atoms with Crippen LogP contribution in [-0.4, -0.2) is 98.1 Å². The Balaban J connectivity index is 1.65. The molecule has 2 aliphatic carbocycles. The molecule has 1 saturated heterocycles. The first-order chi connectivity index (χ1) is 19.8. The summed E-state index contributed by atoms with van der Waals surface area (Å²) in [6, 6.07) is 3.59. The standard InChI is InChI=1S/C29H32NO12/c1-11-24(34)15(30-12(2)32)7-19(41-11)42-17-9-29(39,18(33)10-31)8-14-21(17)28(38)23-22(26(14)36)25(35)13-5-4-6-16(40-3)20(13)27(23)37/h4-6,11-12,15,17,19,24,30-32,34,36,38-39H,2,7-10H2,1,3H3/t11?,12?,15?,17-,19?,24?,29-/m0/s1. The molecule has 0 bridgehead atoms. The Hall–Kier alpha value is -3.43. The number of carbonyl (C=O) groups is 3. The third-order valence-electron chi connectivity index (χ3n) is 8.17. The van der Waals surface area contributed by atoms with Crippen molar-refractivity contribution in [3.8, 4) is 17.2 Å². The summed E-state index contributed by atoms with van der Waals surface area (Å²) in [4.78, 5) is 40.0. The Bertz CT molecular complexity index is 1450. The van der Waals surface area contributed by atoms with Crippen LogP contribution in [0.15, 0.2) is 18.2 Å². The van der Waals surface area contributed by atoms with Gasteiger partial charge in [-0.25, -0.2) is 0 Å². The van der Waals surface area contributed by atoms with E-state index in [4.69, 9.17) is 14.2 Å². The molecule has 1 heterocycles. The normalized spacial score (nSPS) is 29.4. The number of hydrogen-bond donors (Lipinski definition) is 7. The second-order valence-corrected chi connectivity index (χ2v) is 10.8. The van der Waals surface area contributed by atoms with Crippen LogP contribution in [0, 0.1) is 6.92 Å². The van der Waals surface area contributed by atoms with Crippen molar-refractivity contribution in [1.82, 2.24) is 5.32 Å². The Kier molecular flexibility index (Phi) is 7.87. The number of phenolic OH excluding ortho intramolecular Hbond substituents is 2. The van der Waals surface area contributed by atoms with Crippen LogP contribution in [0.2, 0.25) is 0 Å². The molecule has 0 saturated carbocycles. The number of Topliss-reactive ketones (excluding diaryl/α,β-unsaturated/α-hetero) is 1. The highest BCUT2D eigenvalue weighted by Crippen LogP contribution is 2.52. The number of ketones is 3. The van der Waals surface area contributed by atoms with Gasteiger partial charge >= 0.3 is 0 Å². The molecule has 1 aliphatic heterocycles. The number of nitrogens with one attached hydrogen (secondary N) is 1. The molecule has 7 N–H and O–H groups in total. The van der Waals surface area contributed by atoms with E-state index in [2.05, 4.69) is 12.2 Å². The number of rotatable bonds is 7. The SMILES string of the molecule is [CH2]C(O)NC1CC(O[C@H]2C[C@](O)(C(=O)CO)Cc3c(O)c4c(c(O)c32)C(=O)c2c(OC)cccc2C4=O)OC(C)C1O. The smallest absolute Gasteiger partial charge is 0.202 e. The van der Waals surface area contributed by atoms with E-state index in [1.54, 1.807) is 6.92 Å². The summed E-state index contributed by atoms with van der Waals surface area (Å²) in [5.41, 5.74) is -3.82. The lowest BCUT2D eigenvalue weighted by molar-refractivity contribution is -0.251. The van der Waals surface area contributed by atoms with Crippen LogP contribution < -0.4 is 10.1 Å². The number of aliphatic hydroxyl groups excluding tert-OH is 3. The van der Waals surface area contributed by atoms with E-state index >= 15 is 0 Å². The van der Waals surface area contributed by atoms with Crippen molar-refractivity contribution in [1.29, 1.82) is 0 Å². The maximum absolute atomic E-state index is 13.7. The lowest BCUT2D eigenvalue weighted by Crippen LogP contribution is -2.56. The Morgan fingerprint density at radius 3 is 2.52 bits per heavy atom. The van der Waals surface area contributed by atoms with Crippen molar-refractivity contribution in [2.75, 3.05) is 13.7 Å². The molecule has 225 valence electrons.